The van der Waals surface area contributed by atoms with Crippen molar-refractivity contribution in [2.24, 2.45) is 0 Å². The van der Waals surface area contributed by atoms with Gasteiger partial charge in [0.1, 0.15) is 5.75 Å². The molecule has 0 aromatic heterocycles. The number of hydrogen-bond acceptors (Lipinski definition) is 4. The van der Waals surface area contributed by atoms with Gasteiger partial charge < -0.3 is 10.1 Å². The number of ether oxygens (including phenoxy) is 1. The van der Waals surface area contributed by atoms with Crippen LogP contribution in [-0.4, -0.2) is 24.1 Å². The third kappa shape index (κ3) is 4.52. The first-order chi connectivity index (χ1) is 11.5. The van der Waals surface area contributed by atoms with Gasteiger partial charge in [0.2, 0.25) is 0 Å². The van der Waals surface area contributed by atoms with E-state index in [1.54, 1.807) is 55.5 Å². The van der Waals surface area contributed by atoms with Crippen LogP contribution in [0.1, 0.15) is 41.0 Å². The minimum Gasteiger partial charge on any atom is -0.484 e. The fraction of sp³-hybridized carbons (Fsp3) is 0.211. The summed E-state index contributed by atoms with van der Waals surface area (Å²) < 4.78 is 5.40. The summed E-state index contributed by atoms with van der Waals surface area (Å²) in [6.45, 7) is 3.06. The molecule has 1 N–H and O–H groups in total. The minimum atomic E-state index is -0.364. The second-order valence-electron chi connectivity index (χ2n) is 5.24. The van der Waals surface area contributed by atoms with Crippen molar-refractivity contribution >= 4 is 23.2 Å². The molecule has 0 radical (unpaired) electrons. The van der Waals surface area contributed by atoms with Gasteiger partial charge in [-0.25, -0.2) is 0 Å². The smallest absolute Gasteiger partial charge is 0.262 e. The molecule has 2 aromatic rings. The number of hydrogen-bond donors (Lipinski definition) is 1. The number of anilines is 1. The van der Waals surface area contributed by atoms with E-state index in [-0.39, 0.29) is 24.1 Å². The van der Waals surface area contributed by atoms with E-state index in [0.29, 0.717) is 29.0 Å². The van der Waals surface area contributed by atoms with Crippen molar-refractivity contribution in [1.82, 2.24) is 0 Å². The molecule has 0 aliphatic rings. The number of rotatable bonds is 7. The summed E-state index contributed by atoms with van der Waals surface area (Å²) in [7, 11) is 0. The molecule has 0 unspecified atom stereocenters. The van der Waals surface area contributed by atoms with Crippen LogP contribution in [0, 0.1) is 0 Å². The maximum Gasteiger partial charge on any atom is 0.262 e. The molecule has 0 bridgehead atoms. The number of para-hydroxylation sites is 1. The predicted octanol–water partition coefficient (Wildman–Crippen LogP) is 3.50. The number of amides is 1. The maximum atomic E-state index is 12.0. The summed E-state index contributed by atoms with van der Waals surface area (Å²) in [5.41, 5.74) is 1.53. The fourth-order valence-electron chi connectivity index (χ4n) is 2.18. The van der Waals surface area contributed by atoms with Crippen LogP contribution < -0.4 is 10.1 Å². The lowest BCUT2D eigenvalue weighted by Crippen LogP contribution is -2.21. The molecule has 0 spiro atoms. The van der Waals surface area contributed by atoms with Crippen LogP contribution >= 0.6 is 0 Å². The van der Waals surface area contributed by atoms with Gasteiger partial charge in [-0.3, -0.25) is 14.4 Å². The monoisotopic (exact) mass is 325 g/mol. The molecule has 24 heavy (non-hydrogen) atoms. The van der Waals surface area contributed by atoms with Gasteiger partial charge in [0.25, 0.3) is 5.91 Å². The first-order valence-corrected chi connectivity index (χ1v) is 7.67. The normalized spacial score (nSPS) is 10.1. The van der Waals surface area contributed by atoms with E-state index in [1.165, 1.54) is 6.92 Å². The highest BCUT2D eigenvalue weighted by atomic mass is 16.5. The molecule has 0 saturated heterocycles. The quantitative estimate of drug-likeness (QED) is 0.791. The Bertz CT molecular complexity index is 750. The molecule has 5 heteroatoms. The zero-order valence-corrected chi connectivity index (χ0v) is 13.7. The van der Waals surface area contributed by atoms with Gasteiger partial charge in [-0.2, -0.15) is 0 Å². The van der Waals surface area contributed by atoms with Crippen LogP contribution in [0.25, 0.3) is 0 Å². The Morgan fingerprint density at radius 1 is 1.00 bits per heavy atom. The van der Waals surface area contributed by atoms with E-state index in [2.05, 4.69) is 5.32 Å². The van der Waals surface area contributed by atoms with E-state index in [1.807, 2.05) is 0 Å². The van der Waals surface area contributed by atoms with Crippen molar-refractivity contribution in [3.8, 4) is 5.75 Å². The third-order valence-corrected chi connectivity index (χ3v) is 3.45. The Balaban J connectivity index is 1.94. The van der Waals surface area contributed by atoms with Crippen molar-refractivity contribution in [2.45, 2.75) is 20.3 Å². The predicted molar refractivity (Wildman–Crippen MR) is 91.6 cm³/mol. The molecular weight excluding hydrogens is 306 g/mol. The second kappa shape index (κ2) is 8.06. The molecule has 0 atom stereocenters. The van der Waals surface area contributed by atoms with Gasteiger partial charge in [-0.05, 0) is 43.3 Å². The molecule has 124 valence electrons. The summed E-state index contributed by atoms with van der Waals surface area (Å²) >= 11 is 0. The molecule has 0 saturated carbocycles. The van der Waals surface area contributed by atoms with Crippen LogP contribution in [0.15, 0.2) is 48.5 Å². The number of carbonyl (C=O) groups excluding carboxylic acids is 3. The summed E-state index contributed by atoms with van der Waals surface area (Å²) in [5, 5.41) is 2.66. The Morgan fingerprint density at radius 2 is 1.67 bits per heavy atom. The van der Waals surface area contributed by atoms with Crippen LogP contribution in [0.5, 0.6) is 5.75 Å². The Kier molecular flexibility index (Phi) is 5.84. The highest BCUT2D eigenvalue weighted by molar-refractivity contribution is 6.04. The topological polar surface area (TPSA) is 72.5 Å². The summed E-state index contributed by atoms with van der Waals surface area (Å²) in [4.78, 5) is 35.1. The Labute approximate surface area is 140 Å². The lowest BCUT2D eigenvalue weighted by molar-refractivity contribution is -0.118. The largest absolute Gasteiger partial charge is 0.484 e. The molecule has 5 nitrogen and oxygen atoms in total. The molecule has 2 rings (SSSR count). The molecule has 0 fully saturated rings. The SMILES string of the molecule is CCC(=O)c1ccc(OCC(=O)Nc2ccccc2C(C)=O)cc1. The van der Waals surface area contributed by atoms with Crippen molar-refractivity contribution in [2.75, 3.05) is 11.9 Å². The van der Waals surface area contributed by atoms with Gasteiger partial charge in [-0.15, -0.1) is 0 Å². The second-order valence-corrected chi connectivity index (χ2v) is 5.24. The standard InChI is InChI=1S/C19H19NO4/c1-3-18(22)14-8-10-15(11-9-14)24-12-19(23)20-17-7-5-4-6-16(17)13(2)21/h4-11H,3,12H2,1-2H3,(H,20,23). The molecule has 0 heterocycles. The minimum absolute atomic E-state index is 0.0557. The van der Waals surface area contributed by atoms with Crippen molar-refractivity contribution in [3.63, 3.8) is 0 Å². The van der Waals surface area contributed by atoms with Gasteiger partial charge in [0, 0.05) is 17.5 Å². The van der Waals surface area contributed by atoms with E-state index >= 15 is 0 Å². The number of ketones is 2. The lowest BCUT2D eigenvalue weighted by Gasteiger charge is -2.10. The van der Waals surface area contributed by atoms with Crippen LogP contribution in [0.4, 0.5) is 5.69 Å². The van der Waals surface area contributed by atoms with E-state index in [4.69, 9.17) is 4.74 Å². The summed E-state index contributed by atoms with van der Waals surface area (Å²) in [6.07, 6.45) is 0.443. The van der Waals surface area contributed by atoms with Gasteiger partial charge in [0.15, 0.2) is 18.2 Å². The number of Topliss-reactive ketones (excluding diaryl/α,β-unsaturated/α-hetero) is 2. The van der Waals surface area contributed by atoms with Crippen LogP contribution in [-0.2, 0) is 4.79 Å². The first-order valence-electron chi connectivity index (χ1n) is 7.67. The molecule has 0 aliphatic carbocycles. The van der Waals surface area contributed by atoms with Gasteiger partial charge in [-0.1, -0.05) is 19.1 Å². The van der Waals surface area contributed by atoms with E-state index in [9.17, 15) is 14.4 Å². The number of carbonyl (C=O) groups is 3. The van der Waals surface area contributed by atoms with E-state index < -0.39 is 0 Å². The number of nitrogens with one attached hydrogen (secondary N) is 1. The van der Waals surface area contributed by atoms with Crippen LogP contribution in [0.3, 0.4) is 0 Å². The first kappa shape index (κ1) is 17.4. The highest BCUT2D eigenvalue weighted by Crippen LogP contribution is 2.16. The van der Waals surface area contributed by atoms with Gasteiger partial charge in [0.05, 0.1) is 5.69 Å². The maximum absolute atomic E-state index is 12.0. The molecular formula is C19H19NO4. The van der Waals surface area contributed by atoms with Crippen molar-refractivity contribution in [1.29, 1.82) is 0 Å². The zero-order chi connectivity index (χ0) is 17.5. The average Bonchev–Trinajstić information content (AvgIpc) is 2.60. The zero-order valence-electron chi connectivity index (χ0n) is 13.7. The third-order valence-electron chi connectivity index (χ3n) is 3.45. The van der Waals surface area contributed by atoms with Crippen molar-refractivity contribution in [3.05, 3.63) is 59.7 Å². The van der Waals surface area contributed by atoms with Gasteiger partial charge >= 0.3 is 0 Å². The number of benzene rings is 2. The average molecular weight is 325 g/mol. The summed E-state index contributed by atoms with van der Waals surface area (Å²) in [5.74, 6) is 0.0678. The highest BCUT2D eigenvalue weighted by Gasteiger charge is 2.10. The Hall–Kier alpha value is -2.95. The molecule has 1 amide bonds. The van der Waals surface area contributed by atoms with Crippen molar-refractivity contribution < 1.29 is 19.1 Å². The Morgan fingerprint density at radius 3 is 2.29 bits per heavy atom. The molecule has 0 aliphatic heterocycles. The van der Waals surface area contributed by atoms with Crippen LogP contribution in [0.2, 0.25) is 0 Å². The lowest BCUT2D eigenvalue weighted by atomic mass is 10.1. The fourth-order valence-corrected chi connectivity index (χ4v) is 2.18. The van der Waals surface area contributed by atoms with E-state index in [0.717, 1.165) is 0 Å². The summed E-state index contributed by atoms with van der Waals surface area (Å²) in [6, 6.07) is 13.4. The molecule has 2 aromatic carbocycles.